The molecule has 18 heavy (non-hydrogen) atoms. The van der Waals surface area contributed by atoms with Crippen LogP contribution < -0.4 is 4.74 Å². The molecule has 0 atom stereocenters. The molecule has 0 bridgehead atoms. The van der Waals surface area contributed by atoms with E-state index in [4.69, 9.17) is 4.74 Å². The van der Waals surface area contributed by atoms with Gasteiger partial charge >= 0.3 is 0 Å². The van der Waals surface area contributed by atoms with Crippen LogP contribution in [-0.4, -0.2) is 12.1 Å². The first-order valence-electron chi connectivity index (χ1n) is 5.78. The molecular weight excluding hydrogens is 222 g/mol. The van der Waals surface area contributed by atoms with E-state index < -0.39 is 0 Å². The highest BCUT2D eigenvalue weighted by atomic mass is 16.5. The second-order valence-electron chi connectivity index (χ2n) is 4.02. The molecule has 2 aromatic carbocycles. The Kier molecular flexibility index (Phi) is 2.69. The third-order valence-corrected chi connectivity index (χ3v) is 2.94. The second kappa shape index (κ2) is 4.49. The van der Waals surface area contributed by atoms with Gasteiger partial charge in [0.15, 0.2) is 0 Å². The maximum absolute atomic E-state index is 5.24. The molecule has 1 heterocycles. The molecule has 0 saturated carbocycles. The Morgan fingerprint density at radius 1 is 1.11 bits per heavy atom. The summed E-state index contributed by atoms with van der Waals surface area (Å²) in [5, 5.41) is 2.31. The fraction of sp³-hybridized carbons (Fsp3) is 0.0625. The van der Waals surface area contributed by atoms with Gasteiger partial charge in [-0.3, -0.25) is 4.98 Å². The Morgan fingerprint density at radius 2 is 2.00 bits per heavy atom. The van der Waals surface area contributed by atoms with Crippen LogP contribution in [-0.2, 0) is 0 Å². The zero-order chi connectivity index (χ0) is 12.4. The van der Waals surface area contributed by atoms with Crippen molar-refractivity contribution in [1.82, 2.24) is 4.98 Å². The molecule has 0 unspecified atom stereocenters. The van der Waals surface area contributed by atoms with Gasteiger partial charge < -0.3 is 4.74 Å². The predicted octanol–water partition coefficient (Wildman–Crippen LogP) is 3.71. The first-order valence-corrected chi connectivity index (χ1v) is 5.78. The van der Waals surface area contributed by atoms with Gasteiger partial charge in [0, 0.05) is 17.1 Å². The third-order valence-electron chi connectivity index (χ3n) is 2.94. The van der Waals surface area contributed by atoms with Gasteiger partial charge in [0.1, 0.15) is 5.75 Å². The standard InChI is InChI=1S/C16H12NO/c1-18-14-7-4-6-13(11-14)16-15-8-3-2-5-12(15)9-10-17-16/h2-5,7-11H,1H3. The molecule has 0 aliphatic carbocycles. The highest BCUT2D eigenvalue weighted by Gasteiger charge is 2.05. The van der Waals surface area contributed by atoms with Gasteiger partial charge in [-0.1, -0.05) is 24.3 Å². The number of hydrogen-bond acceptors (Lipinski definition) is 2. The van der Waals surface area contributed by atoms with E-state index in [1.165, 1.54) is 5.39 Å². The Hall–Kier alpha value is -2.35. The lowest BCUT2D eigenvalue weighted by Gasteiger charge is -2.06. The summed E-state index contributed by atoms with van der Waals surface area (Å²) in [5.41, 5.74) is 1.89. The largest absolute Gasteiger partial charge is 0.497 e. The molecule has 0 saturated heterocycles. The van der Waals surface area contributed by atoms with Crippen LogP contribution >= 0.6 is 0 Å². The lowest BCUT2D eigenvalue weighted by atomic mass is 10.0. The molecule has 0 aliphatic rings. The molecular formula is C16H12NO. The van der Waals surface area contributed by atoms with E-state index in [9.17, 15) is 0 Å². The minimum atomic E-state index is 0.818. The average Bonchev–Trinajstić information content (AvgIpc) is 2.47. The zero-order valence-corrected chi connectivity index (χ0v) is 10.1. The first-order chi connectivity index (χ1) is 8.88. The minimum absolute atomic E-state index is 0.818. The van der Waals surface area contributed by atoms with E-state index in [0.717, 1.165) is 22.4 Å². The van der Waals surface area contributed by atoms with Gasteiger partial charge in [-0.2, -0.15) is 0 Å². The number of ether oxygens (including phenoxy) is 1. The summed E-state index contributed by atoms with van der Waals surface area (Å²) in [5.74, 6) is 0.818. The van der Waals surface area contributed by atoms with Crippen LogP contribution in [0.1, 0.15) is 0 Å². The van der Waals surface area contributed by atoms with Crippen LogP contribution in [0.25, 0.3) is 22.0 Å². The van der Waals surface area contributed by atoms with Crippen molar-refractivity contribution >= 4 is 10.8 Å². The van der Waals surface area contributed by atoms with Crippen molar-refractivity contribution in [3.63, 3.8) is 0 Å². The van der Waals surface area contributed by atoms with E-state index in [1.807, 2.05) is 42.6 Å². The fourth-order valence-corrected chi connectivity index (χ4v) is 2.04. The molecule has 3 rings (SSSR count). The quantitative estimate of drug-likeness (QED) is 0.674. The normalized spacial score (nSPS) is 10.5. The maximum atomic E-state index is 5.24. The summed E-state index contributed by atoms with van der Waals surface area (Å²) in [6, 6.07) is 19.1. The number of hydrogen-bond donors (Lipinski definition) is 0. The van der Waals surface area contributed by atoms with Crippen LogP contribution in [0.5, 0.6) is 5.75 Å². The number of benzene rings is 2. The van der Waals surface area contributed by atoms with Gasteiger partial charge in [-0.05, 0) is 35.7 Å². The van der Waals surface area contributed by atoms with E-state index in [0.29, 0.717) is 0 Å². The minimum Gasteiger partial charge on any atom is -0.497 e. The summed E-state index contributed by atoms with van der Waals surface area (Å²) in [6.45, 7) is 0. The zero-order valence-electron chi connectivity index (χ0n) is 10.1. The highest BCUT2D eigenvalue weighted by Crippen LogP contribution is 2.28. The van der Waals surface area contributed by atoms with Crippen molar-refractivity contribution in [2.24, 2.45) is 0 Å². The summed E-state index contributed by atoms with van der Waals surface area (Å²) in [4.78, 5) is 4.47. The molecule has 0 spiro atoms. The van der Waals surface area contributed by atoms with Crippen LogP contribution in [0, 0.1) is 6.07 Å². The SMILES string of the molecule is COc1cc[c]c(-c2nccc3ccccc23)c1. The van der Waals surface area contributed by atoms with Crippen molar-refractivity contribution in [2.45, 2.75) is 0 Å². The molecule has 1 aromatic heterocycles. The van der Waals surface area contributed by atoms with Crippen LogP contribution in [0.2, 0.25) is 0 Å². The van der Waals surface area contributed by atoms with Crippen molar-refractivity contribution in [3.05, 3.63) is 60.8 Å². The predicted molar refractivity (Wildman–Crippen MR) is 72.6 cm³/mol. The maximum Gasteiger partial charge on any atom is 0.119 e. The molecule has 3 aromatic rings. The van der Waals surface area contributed by atoms with Gasteiger partial charge in [-0.25, -0.2) is 0 Å². The molecule has 2 nitrogen and oxygen atoms in total. The third kappa shape index (κ3) is 1.82. The van der Waals surface area contributed by atoms with Crippen LogP contribution in [0.15, 0.2) is 54.7 Å². The molecule has 0 N–H and O–H groups in total. The smallest absolute Gasteiger partial charge is 0.119 e. The Bertz CT molecular complexity index is 686. The topological polar surface area (TPSA) is 22.1 Å². The second-order valence-corrected chi connectivity index (χ2v) is 4.02. The number of pyridine rings is 1. The van der Waals surface area contributed by atoms with Crippen molar-refractivity contribution in [2.75, 3.05) is 7.11 Å². The Labute approximate surface area is 106 Å². The number of rotatable bonds is 2. The number of methoxy groups -OCH3 is 1. The molecule has 2 heteroatoms. The van der Waals surface area contributed by atoms with E-state index in [2.05, 4.69) is 23.2 Å². The van der Waals surface area contributed by atoms with E-state index in [1.54, 1.807) is 7.11 Å². The van der Waals surface area contributed by atoms with Gasteiger partial charge in [0.05, 0.1) is 12.8 Å². The molecule has 1 radical (unpaired) electrons. The van der Waals surface area contributed by atoms with Gasteiger partial charge in [-0.15, -0.1) is 0 Å². The summed E-state index contributed by atoms with van der Waals surface area (Å²) in [7, 11) is 1.66. The van der Waals surface area contributed by atoms with Crippen molar-refractivity contribution in [1.29, 1.82) is 0 Å². The van der Waals surface area contributed by atoms with Crippen LogP contribution in [0.3, 0.4) is 0 Å². The highest BCUT2D eigenvalue weighted by molar-refractivity contribution is 5.94. The Balaban J connectivity index is 2.24. The molecule has 87 valence electrons. The van der Waals surface area contributed by atoms with E-state index in [-0.39, 0.29) is 0 Å². The summed E-state index contributed by atoms with van der Waals surface area (Å²) >= 11 is 0. The van der Waals surface area contributed by atoms with Crippen LogP contribution in [0.4, 0.5) is 0 Å². The summed E-state index contributed by atoms with van der Waals surface area (Å²) in [6.07, 6.45) is 1.82. The molecule has 0 fully saturated rings. The fourth-order valence-electron chi connectivity index (χ4n) is 2.04. The van der Waals surface area contributed by atoms with E-state index >= 15 is 0 Å². The molecule has 0 aliphatic heterocycles. The number of aromatic nitrogens is 1. The summed E-state index contributed by atoms with van der Waals surface area (Å²) < 4.78 is 5.24. The monoisotopic (exact) mass is 234 g/mol. The lowest BCUT2D eigenvalue weighted by molar-refractivity contribution is 0.415. The van der Waals surface area contributed by atoms with Crippen molar-refractivity contribution in [3.8, 4) is 17.0 Å². The van der Waals surface area contributed by atoms with Gasteiger partial charge in [0.25, 0.3) is 0 Å². The number of nitrogens with zero attached hydrogens (tertiary/aromatic N) is 1. The van der Waals surface area contributed by atoms with Gasteiger partial charge in [0.2, 0.25) is 0 Å². The Morgan fingerprint density at radius 3 is 2.89 bits per heavy atom. The number of fused-ring (bicyclic) bond motifs is 1. The average molecular weight is 234 g/mol. The molecule has 0 amide bonds. The lowest BCUT2D eigenvalue weighted by Crippen LogP contribution is -1.88. The van der Waals surface area contributed by atoms with Crippen molar-refractivity contribution < 1.29 is 4.74 Å². The first kappa shape index (κ1) is 10.8.